The van der Waals surface area contributed by atoms with Gasteiger partial charge in [0.2, 0.25) is 0 Å². The second kappa shape index (κ2) is 8.20. The molecule has 6 heteroatoms. The van der Waals surface area contributed by atoms with Crippen LogP contribution in [0.3, 0.4) is 0 Å². The summed E-state index contributed by atoms with van der Waals surface area (Å²) in [4.78, 5) is 16.5. The second-order valence-electron chi connectivity index (χ2n) is 3.46. The van der Waals surface area contributed by atoms with Crippen LogP contribution in [0.2, 0.25) is 0 Å². The van der Waals surface area contributed by atoms with Gasteiger partial charge in [-0.15, -0.1) is 0 Å². The molecule has 0 saturated heterocycles. The number of hydrogen-bond acceptors (Lipinski definition) is 5. The Morgan fingerprint density at radius 2 is 2.11 bits per heavy atom. The van der Waals surface area contributed by atoms with Gasteiger partial charge in [-0.25, -0.2) is 4.79 Å². The van der Waals surface area contributed by atoms with Gasteiger partial charge in [0, 0.05) is 18.1 Å². The Morgan fingerprint density at radius 1 is 1.33 bits per heavy atom. The van der Waals surface area contributed by atoms with Crippen LogP contribution in [0.5, 0.6) is 0 Å². The molecule has 100 valence electrons. The highest BCUT2D eigenvalue weighted by atomic mass is 79.9. The van der Waals surface area contributed by atoms with Gasteiger partial charge < -0.3 is 9.47 Å². The molecule has 1 aromatic carbocycles. The Balaban J connectivity index is 2.49. The lowest BCUT2D eigenvalue weighted by Gasteiger charge is -2.08. The predicted octanol–water partition coefficient (Wildman–Crippen LogP) is 1.90. The molecule has 1 N–H and O–H groups in total. The van der Waals surface area contributed by atoms with Crippen LogP contribution < -0.4 is 5.48 Å². The molecule has 0 aliphatic carbocycles. The lowest BCUT2D eigenvalue weighted by molar-refractivity contribution is 0.00338. The van der Waals surface area contributed by atoms with E-state index in [2.05, 4.69) is 26.1 Å². The fourth-order valence-electron chi connectivity index (χ4n) is 1.26. The van der Waals surface area contributed by atoms with E-state index in [4.69, 9.17) is 9.57 Å². The van der Waals surface area contributed by atoms with Crippen LogP contribution >= 0.6 is 15.9 Å². The number of halogens is 1. The first-order valence-corrected chi connectivity index (χ1v) is 6.18. The number of hydroxylamine groups is 1. The van der Waals surface area contributed by atoms with Crippen molar-refractivity contribution < 1.29 is 19.1 Å². The molecule has 0 spiro atoms. The molecule has 18 heavy (non-hydrogen) atoms. The van der Waals surface area contributed by atoms with Gasteiger partial charge in [-0.3, -0.25) is 4.84 Å². The predicted molar refractivity (Wildman–Crippen MR) is 70.1 cm³/mol. The van der Waals surface area contributed by atoms with Gasteiger partial charge in [0.1, 0.15) is 0 Å². The van der Waals surface area contributed by atoms with E-state index in [1.807, 2.05) is 6.07 Å². The van der Waals surface area contributed by atoms with E-state index in [0.29, 0.717) is 25.3 Å². The second-order valence-corrected chi connectivity index (χ2v) is 4.31. The highest BCUT2D eigenvalue weighted by Gasteiger charge is 2.08. The largest absolute Gasteiger partial charge is 0.465 e. The molecule has 0 aliphatic heterocycles. The smallest absolute Gasteiger partial charge is 0.337 e. The van der Waals surface area contributed by atoms with Crippen LogP contribution in [0.15, 0.2) is 22.7 Å². The first kappa shape index (κ1) is 15.1. The molecule has 1 aromatic rings. The maximum Gasteiger partial charge on any atom is 0.337 e. The molecule has 0 aliphatic rings. The van der Waals surface area contributed by atoms with Gasteiger partial charge in [0.15, 0.2) is 0 Å². The lowest BCUT2D eigenvalue weighted by Crippen LogP contribution is -2.17. The number of nitrogens with one attached hydrogen (secondary N) is 1. The van der Waals surface area contributed by atoms with Crippen LogP contribution in [0.25, 0.3) is 0 Å². The number of hydrogen-bond donors (Lipinski definition) is 1. The third kappa shape index (κ3) is 4.73. The number of methoxy groups -OCH3 is 2. The summed E-state index contributed by atoms with van der Waals surface area (Å²) >= 11 is 3.40. The SMILES string of the molecule is COCCONCc1ccc(C(=O)OC)cc1Br. The van der Waals surface area contributed by atoms with Gasteiger partial charge >= 0.3 is 5.97 Å². The van der Waals surface area contributed by atoms with Crippen LogP contribution in [0.4, 0.5) is 0 Å². The van der Waals surface area contributed by atoms with Crippen molar-refractivity contribution in [3.63, 3.8) is 0 Å². The van der Waals surface area contributed by atoms with Crippen molar-refractivity contribution in [1.29, 1.82) is 0 Å². The third-order valence-electron chi connectivity index (χ3n) is 2.23. The number of carbonyl (C=O) groups excluding carboxylic acids is 1. The number of ether oxygens (including phenoxy) is 2. The molecule has 0 amide bonds. The summed E-state index contributed by atoms with van der Waals surface area (Å²) in [5.74, 6) is -0.355. The van der Waals surface area contributed by atoms with Gasteiger partial charge in [-0.2, -0.15) is 5.48 Å². The van der Waals surface area contributed by atoms with Crippen LogP contribution in [0, 0.1) is 0 Å². The van der Waals surface area contributed by atoms with E-state index < -0.39 is 0 Å². The molecular weight excluding hydrogens is 302 g/mol. The zero-order valence-corrected chi connectivity index (χ0v) is 12.0. The van der Waals surface area contributed by atoms with E-state index in [0.717, 1.165) is 10.0 Å². The molecule has 0 heterocycles. The molecule has 1 rings (SSSR count). The highest BCUT2D eigenvalue weighted by Crippen LogP contribution is 2.19. The maximum absolute atomic E-state index is 11.3. The molecular formula is C12H16BrNO4. The summed E-state index contributed by atoms with van der Waals surface area (Å²) in [5.41, 5.74) is 4.31. The highest BCUT2D eigenvalue weighted by molar-refractivity contribution is 9.10. The van der Waals surface area contributed by atoms with E-state index in [1.165, 1.54) is 7.11 Å². The van der Waals surface area contributed by atoms with Crippen molar-refractivity contribution in [2.24, 2.45) is 0 Å². The Morgan fingerprint density at radius 3 is 2.72 bits per heavy atom. The first-order chi connectivity index (χ1) is 8.69. The molecule has 0 bridgehead atoms. The average Bonchev–Trinajstić information content (AvgIpc) is 2.39. The van der Waals surface area contributed by atoms with Gasteiger partial charge in [-0.1, -0.05) is 22.0 Å². The van der Waals surface area contributed by atoms with Crippen molar-refractivity contribution in [3.05, 3.63) is 33.8 Å². The summed E-state index contributed by atoms with van der Waals surface area (Å²) < 4.78 is 10.3. The molecule has 0 saturated carbocycles. The fourth-order valence-corrected chi connectivity index (χ4v) is 1.78. The van der Waals surface area contributed by atoms with Crippen molar-refractivity contribution in [3.8, 4) is 0 Å². The Labute approximate surface area is 114 Å². The maximum atomic E-state index is 11.3. The minimum absolute atomic E-state index is 0.355. The summed E-state index contributed by atoms with van der Waals surface area (Å²) in [6.07, 6.45) is 0. The van der Waals surface area contributed by atoms with Crippen LogP contribution in [-0.4, -0.2) is 33.4 Å². The summed E-state index contributed by atoms with van der Waals surface area (Å²) in [6, 6.07) is 5.27. The molecule has 0 radical (unpaired) electrons. The van der Waals surface area contributed by atoms with Gasteiger partial charge in [0.25, 0.3) is 0 Å². The minimum atomic E-state index is -0.355. The number of rotatable bonds is 7. The van der Waals surface area contributed by atoms with Crippen molar-refractivity contribution in [1.82, 2.24) is 5.48 Å². The monoisotopic (exact) mass is 317 g/mol. The normalized spacial score (nSPS) is 10.4. The fraction of sp³-hybridized carbons (Fsp3) is 0.417. The van der Waals surface area contributed by atoms with Crippen molar-refractivity contribution in [2.45, 2.75) is 6.54 Å². The summed E-state index contributed by atoms with van der Waals surface area (Å²) in [5, 5.41) is 0. The summed E-state index contributed by atoms with van der Waals surface area (Å²) in [7, 11) is 2.97. The zero-order chi connectivity index (χ0) is 13.4. The standard InChI is InChI=1S/C12H16BrNO4/c1-16-5-6-18-14-8-10-4-3-9(7-11(10)13)12(15)17-2/h3-4,7,14H,5-6,8H2,1-2H3. The molecule has 0 aromatic heterocycles. The van der Waals surface area contributed by atoms with Crippen molar-refractivity contribution >= 4 is 21.9 Å². The quantitative estimate of drug-likeness (QED) is 0.473. The Hall–Kier alpha value is -0.950. The number of benzene rings is 1. The topological polar surface area (TPSA) is 56.8 Å². The van der Waals surface area contributed by atoms with E-state index in [1.54, 1.807) is 19.2 Å². The van der Waals surface area contributed by atoms with Gasteiger partial charge in [-0.05, 0) is 17.7 Å². The Kier molecular flexibility index (Phi) is 6.89. The van der Waals surface area contributed by atoms with Crippen molar-refractivity contribution in [2.75, 3.05) is 27.4 Å². The van der Waals surface area contributed by atoms with E-state index in [-0.39, 0.29) is 5.97 Å². The number of esters is 1. The molecule has 0 unspecified atom stereocenters. The molecule has 0 fully saturated rings. The van der Waals surface area contributed by atoms with E-state index in [9.17, 15) is 4.79 Å². The minimum Gasteiger partial charge on any atom is -0.465 e. The summed E-state index contributed by atoms with van der Waals surface area (Å²) in [6.45, 7) is 1.55. The van der Waals surface area contributed by atoms with Crippen LogP contribution in [0.1, 0.15) is 15.9 Å². The van der Waals surface area contributed by atoms with Gasteiger partial charge in [0.05, 0.1) is 25.9 Å². The molecule has 0 atom stereocenters. The average molecular weight is 318 g/mol. The molecule has 5 nitrogen and oxygen atoms in total. The Bertz CT molecular complexity index is 398. The zero-order valence-electron chi connectivity index (χ0n) is 10.4. The third-order valence-corrected chi connectivity index (χ3v) is 2.97. The first-order valence-electron chi connectivity index (χ1n) is 5.39. The van der Waals surface area contributed by atoms with E-state index >= 15 is 0 Å². The lowest BCUT2D eigenvalue weighted by atomic mass is 10.1. The number of carbonyl (C=O) groups is 1. The van der Waals surface area contributed by atoms with Crippen LogP contribution in [-0.2, 0) is 20.9 Å².